The number of nitrogens with one attached hydrogen (secondary N) is 1. The monoisotopic (exact) mass is 218 g/mol. The van der Waals surface area contributed by atoms with E-state index < -0.39 is 11.7 Å². The van der Waals surface area contributed by atoms with Crippen LogP contribution in [-0.2, 0) is 12.7 Å². The number of halogens is 3. The Hall–Kier alpha value is -1.10. The van der Waals surface area contributed by atoms with Crippen molar-refractivity contribution >= 4 is 0 Å². The van der Waals surface area contributed by atoms with Crippen LogP contribution in [0.3, 0.4) is 0 Å². The Bertz CT molecular complexity index is 321. The van der Waals surface area contributed by atoms with Crippen LogP contribution in [0, 0.1) is 0 Å². The van der Waals surface area contributed by atoms with Crippen molar-refractivity contribution in [2.24, 2.45) is 0 Å². The molecule has 15 heavy (non-hydrogen) atoms. The summed E-state index contributed by atoms with van der Waals surface area (Å²) >= 11 is 0. The third kappa shape index (κ3) is 3.51. The van der Waals surface area contributed by atoms with Gasteiger partial charge in [0.1, 0.15) is 0 Å². The minimum absolute atomic E-state index is 0.145. The van der Waals surface area contributed by atoms with Gasteiger partial charge >= 0.3 is 6.18 Å². The largest absolute Gasteiger partial charge is 0.416 e. The van der Waals surface area contributed by atoms with Crippen molar-refractivity contribution in [2.75, 3.05) is 0 Å². The highest BCUT2D eigenvalue weighted by Crippen LogP contribution is 2.31. The summed E-state index contributed by atoms with van der Waals surface area (Å²) in [5, 5.41) is 2.93. The van der Waals surface area contributed by atoms with Crippen molar-refractivity contribution in [3.63, 3.8) is 0 Å². The molecule has 0 unspecified atom stereocenters. The van der Waals surface area contributed by atoms with Gasteiger partial charge in [-0.1, -0.05) is 13.8 Å². The first-order valence-corrected chi connectivity index (χ1v) is 4.64. The average Bonchev–Trinajstić information content (AvgIpc) is 2.13. The van der Waals surface area contributed by atoms with Crippen LogP contribution in [0.25, 0.3) is 0 Å². The maximum absolute atomic E-state index is 12.5. The molecule has 2 nitrogen and oxygen atoms in total. The number of alkyl halides is 3. The zero-order chi connectivity index (χ0) is 11.5. The molecule has 0 aliphatic heterocycles. The van der Waals surface area contributed by atoms with Crippen LogP contribution in [-0.4, -0.2) is 11.0 Å². The minimum atomic E-state index is -4.31. The van der Waals surface area contributed by atoms with Crippen LogP contribution < -0.4 is 5.32 Å². The fourth-order valence-corrected chi connectivity index (χ4v) is 1.16. The zero-order valence-corrected chi connectivity index (χ0v) is 8.60. The summed E-state index contributed by atoms with van der Waals surface area (Å²) in [7, 11) is 0. The van der Waals surface area contributed by atoms with Gasteiger partial charge in [-0.05, 0) is 11.6 Å². The predicted molar refractivity (Wildman–Crippen MR) is 51.2 cm³/mol. The summed E-state index contributed by atoms with van der Waals surface area (Å²) in [5.74, 6) is 0. The van der Waals surface area contributed by atoms with Crippen LogP contribution in [0.5, 0.6) is 0 Å². The molecule has 5 heteroatoms. The molecule has 1 N–H and O–H groups in total. The molecule has 0 bridgehead atoms. The standard InChI is InChI=1S/C10H13F3N2/c1-7(2)15-6-8-5-14-4-3-9(8)10(11,12)13/h3-5,7,15H,6H2,1-2H3. The molecular formula is C10H13F3N2. The Balaban J connectivity index is 2.87. The highest BCUT2D eigenvalue weighted by atomic mass is 19.4. The van der Waals surface area contributed by atoms with Gasteiger partial charge in [0.25, 0.3) is 0 Å². The van der Waals surface area contributed by atoms with Gasteiger partial charge in [0, 0.05) is 25.0 Å². The fraction of sp³-hybridized carbons (Fsp3) is 0.500. The van der Waals surface area contributed by atoms with Gasteiger partial charge in [-0.15, -0.1) is 0 Å². The normalized spacial score (nSPS) is 12.1. The van der Waals surface area contributed by atoms with E-state index in [1.807, 2.05) is 13.8 Å². The molecule has 1 rings (SSSR count). The molecule has 0 atom stereocenters. The van der Waals surface area contributed by atoms with E-state index in [1.165, 1.54) is 6.20 Å². The van der Waals surface area contributed by atoms with Gasteiger partial charge in [0.05, 0.1) is 5.56 Å². The Labute approximate surface area is 86.5 Å². The molecule has 0 fully saturated rings. The molecule has 0 aliphatic carbocycles. The lowest BCUT2D eigenvalue weighted by atomic mass is 10.1. The average molecular weight is 218 g/mol. The van der Waals surface area contributed by atoms with E-state index in [2.05, 4.69) is 10.3 Å². The SMILES string of the molecule is CC(C)NCc1cnccc1C(F)(F)F. The Morgan fingerprint density at radius 1 is 1.40 bits per heavy atom. The van der Waals surface area contributed by atoms with Crippen molar-refractivity contribution < 1.29 is 13.2 Å². The van der Waals surface area contributed by atoms with Crippen molar-refractivity contribution in [1.82, 2.24) is 10.3 Å². The number of pyridine rings is 1. The van der Waals surface area contributed by atoms with Crippen LogP contribution in [0.15, 0.2) is 18.5 Å². The van der Waals surface area contributed by atoms with Gasteiger partial charge in [-0.2, -0.15) is 13.2 Å². The molecule has 0 saturated heterocycles. The summed E-state index contributed by atoms with van der Waals surface area (Å²) in [6, 6.07) is 1.14. The molecule has 84 valence electrons. The van der Waals surface area contributed by atoms with Crippen molar-refractivity contribution in [2.45, 2.75) is 32.6 Å². The first-order chi connectivity index (χ1) is 6.91. The van der Waals surface area contributed by atoms with Crippen molar-refractivity contribution in [3.05, 3.63) is 29.6 Å². The Kier molecular flexibility index (Phi) is 3.68. The molecule has 0 aliphatic rings. The smallest absolute Gasteiger partial charge is 0.310 e. The Morgan fingerprint density at radius 3 is 2.60 bits per heavy atom. The molecule has 0 saturated carbocycles. The lowest BCUT2D eigenvalue weighted by Gasteiger charge is -2.13. The van der Waals surface area contributed by atoms with E-state index in [0.29, 0.717) is 0 Å². The molecule has 0 amide bonds. The number of hydrogen-bond donors (Lipinski definition) is 1. The van der Waals surface area contributed by atoms with Crippen LogP contribution in [0.1, 0.15) is 25.0 Å². The molecule has 0 radical (unpaired) electrons. The van der Waals surface area contributed by atoms with E-state index in [0.717, 1.165) is 12.3 Å². The number of hydrogen-bond acceptors (Lipinski definition) is 2. The molecule has 1 aromatic rings. The number of rotatable bonds is 3. The van der Waals surface area contributed by atoms with Gasteiger partial charge in [-0.3, -0.25) is 4.98 Å². The summed E-state index contributed by atoms with van der Waals surface area (Å²) in [6.45, 7) is 3.94. The second-order valence-corrected chi connectivity index (χ2v) is 3.57. The number of aromatic nitrogens is 1. The summed E-state index contributed by atoms with van der Waals surface area (Å²) < 4.78 is 37.6. The molecule has 1 heterocycles. The third-order valence-corrected chi connectivity index (χ3v) is 1.91. The van der Waals surface area contributed by atoms with E-state index in [4.69, 9.17) is 0 Å². The molecular weight excluding hydrogens is 205 g/mol. The highest BCUT2D eigenvalue weighted by Gasteiger charge is 2.32. The molecule has 0 aromatic carbocycles. The van der Waals surface area contributed by atoms with Crippen molar-refractivity contribution in [3.8, 4) is 0 Å². The molecule has 1 aromatic heterocycles. The fourth-order valence-electron chi connectivity index (χ4n) is 1.16. The summed E-state index contributed by atoms with van der Waals surface area (Å²) in [6.07, 6.45) is -1.91. The lowest BCUT2D eigenvalue weighted by Crippen LogP contribution is -2.24. The second kappa shape index (κ2) is 4.61. The maximum atomic E-state index is 12.5. The number of nitrogens with zero attached hydrogens (tertiary/aromatic N) is 1. The van der Waals surface area contributed by atoms with E-state index in [-0.39, 0.29) is 18.2 Å². The first-order valence-electron chi connectivity index (χ1n) is 4.64. The van der Waals surface area contributed by atoms with Gasteiger partial charge in [-0.25, -0.2) is 0 Å². The lowest BCUT2D eigenvalue weighted by molar-refractivity contribution is -0.138. The Morgan fingerprint density at radius 2 is 2.07 bits per heavy atom. The van der Waals surface area contributed by atoms with Gasteiger partial charge in [0.2, 0.25) is 0 Å². The predicted octanol–water partition coefficient (Wildman–Crippen LogP) is 2.60. The second-order valence-electron chi connectivity index (χ2n) is 3.57. The quantitative estimate of drug-likeness (QED) is 0.843. The van der Waals surface area contributed by atoms with Gasteiger partial charge < -0.3 is 5.32 Å². The highest BCUT2D eigenvalue weighted by molar-refractivity contribution is 5.26. The maximum Gasteiger partial charge on any atom is 0.416 e. The first kappa shape index (κ1) is 12.0. The van der Waals surface area contributed by atoms with Crippen molar-refractivity contribution in [1.29, 1.82) is 0 Å². The van der Waals surface area contributed by atoms with E-state index >= 15 is 0 Å². The van der Waals surface area contributed by atoms with Gasteiger partial charge in [0.15, 0.2) is 0 Å². The summed E-state index contributed by atoms with van der Waals surface area (Å²) in [5.41, 5.74) is -0.440. The van der Waals surface area contributed by atoms with Crippen LogP contribution in [0.4, 0.5) is 13.2 Å². The van der Waals surface area contributed by atoms with E-state index in [1.54, 1.807) is 0 Å². The van der Waals surface area contributed by atoms with Crippen LogP contribution in [0.2, 0.25) is 0 Å². The minimum Gasteiger partial charge on any atom is -0.310 e. The van der Waals surface area contributed by atoms with Crippen LogP contribution >= 0.6 is 0 Å². The topological polar surface area (TPSA) is 24.9 Å². The van der Waals surface area contributed by atoms with E-state index in [9.17, 15) is 13.2 Å². The third-order valence-electron chi connectivity index (χ3n) is 1.91. The molecule has 0 spiro atoms. The summed E-state index contributed by atoms with van der Waals surface area (Å²) in [4.78, 5) is 3.70. The zero-order valence-electron chi connectivity index (χ0n) is 8.60.